The minimum Gasteiger partial charge on any atom is -0.396 e. The molecule has 0 spiro atoms. The van der Waals surface area contributed by atoms with Crippen molar-refractivity contribution in [1.29, 1.82) is 0 Å². The van der Waals surface area contributed by atoms with E-state index in [1.165, 1.54) is 0 Å². The second kappa shape index (κ2) is 8.30. The van der Waals surface area contributed by atoms with Gasteiger partial charge < -0.3 is 14.9 Å². The molecule has 2 aliphatic rings. The molecule has 0 aliphatic carbocycles. The van der Waals surface area contributed by atoms with Crippen molar-refractivity contribution in [3.8, 4) is 0 Å². The third kappa shape index (κ3) is 4.48. The molecule has 1 N–H and O–H groups in total. The summed E-state index contributed by atoms with van der Waals surface area (Å²) >= 11 is 0. The molecule has 2 fully saturated rings. The van der Waals surface area contributed by atoms with Crippen LogP contribution in [0.3, 0.4) is 0 Å². The Balaban J connectivity index is 1.47. The lowest BCUT2D eigenvalue weighted by Crippen LogP contribution is -2.43. The minimum atomic E-state index is 0.0104. The van der Waals surface area contributed by atoms with Crippen LogP contribution in [0.5, 0.6) is 0 Å². The second-order valence-electron chi connectivity index (χ2n) is 6.97. The van der Waals surface area contributed by atoms with Gasteiger partial charge in [0, 0.05) is 50.7 Å². The number of aliphatic hydroxyl groups is 1. The standard InChI is InChI=1S/C20H26N2O3/c23-15-17-8-11-22(14-17)20(25)18-9-12-21(13-10-18)19(24)7-6-16-4-2-1-3-5-16/h1-7,17-18,23H,8-15H2/b7-6+. The van der Waals surface area contributed by atoms with Crippen LogP contribution in [0, 0.1) is 11.8 Å². The molecule has 5 heteroatoms. The fourth-order valence-corrected chi connectivity index (χ4v) is 3.62. The van der Waals surface area contributed by atoms with E-state index >= 15 is 0 Å². The summed E-state index contributed by atoms with van der Waals surface area (Å²) in [7, 11) is 0. The van der Waals surface area contributed by atoms with Crippen molar-refractivity contribution in [2.45, 2.75) is 19.3 Å². The molecule has 2 saturated heterocycles. The van der Waals surface area contributed by atoms with Gasteiger partial charge in [-0.15, -0.1) is 0 Å². The summed E-state index contributed by atoms with van der Waals surface area (Å²) in [6, 6.07) is 9.76. The SMILES string of the molecule is O=C(/C=C/c1ccccc1)N1CCC(C(=O)N2CCC(CO)C2)CC1. The van der Waals surface area contributed by atoms with Gasteiger partial charge in [0.25, 0.3) is 0 Å². The zero-order chi connectivity index (χ0) is 17.6. The molecule has 2 amide bonds. The zero-order valence-corrected chi connectivity index (χ0v) is 14.5. The molecule has 5 nitrogen and oxygen atoms in total. The van der Waals surface area contributed by atoms with E-state index in [9.17, 15) is 14.7 Å². The predicted molar refractivity (Wildman–Crippen MR) is 96.6 cm³/mol. The molecule has 0 radical (unpaired) electrons. The van der Waals surface area contributed by atoms with Gasteiger partial charge in [0.05, 0.1) is 0 Å². The Morgan fingerprint density at radius 2 is 1.72 bits per heavy atom. The average Bonchev–Trinajstić information content (AvgIpc) is 3.16. The Morgan fingerprint density at radius 1 is 1.04 bits per heavy atom. The molecule has 2 heterocycles. The molecule has 25 heavy (non-hydrogen) atoms. The summed E-state index contributed by atoms with van der Waals surface area (Å²) in [6.45, 7) is 2.85. The van der Waals surface area contributed by atoms with Crippen LogP contribution >= 0.6 is 0 Å². The van der Waals surface area contributed by atoms with Crippen LogP contribution in [0.1, 0.15) is 24.8 Å². The monoisotopic (exact) mass is 342 g/mol. The zero-order valence-electron chi connectivity index (χ0n) is 14.5. The number of piperidine rings is 1. The molecule has 1 aromatic carbocycles. The first-order valence-electron chi connectivity index (χ1n) is 9.09. The quantitative estimate of drug-likeness (QED) is 0.849. The van der Waals surface area contributed by atoms with Gasteiger partial charge >= 0.3 is 0 Å². The number of amides is 2. The Labute approximate surface area is 148 Å². The molecule has 1 atom stereocenters. The van der Waals surface area contributed by atoms with Crippen molar-refractivity contribution in [2.75, 3.05) is 32.8 Å². The number of hydrogen-bond donors (Lipinski definition) is 1. The highest BCUT2D eigenvalue weighted by atomic mass is 16.3. The Hall–Kier alpha value is -2.14. The minimum absolute atomic E-state index is 0.0104. The largest absolute Gasteiger partial charge is 0.396 e. The van der Waals surface area contributed by atoms with Crippen LogP contribution < -0.4 is 0 Å². The van der Waals surface area contributed by atoms with Crippen LogP contribution in [0.25, 0.3) is 6.08 Å². The maximum absolute atomic E-state index is 12.6. The lowest BCUT2D eigenvalue weighted by molar-refractivity contribution is -0.138. The first kappa shape index (κ1) is 17.7. The summed E-state index contributed by atoms with van der Waals surface area (Å²) in [5.41, 5.74) is 1.01. The normalized spacial score (nSPS) is 21.9. The molecular formula is C20H26N2O3. The first-order chi connectivity index (χ1) is 12.2. The van der Waals surface area contributed by atoms with Crippen molar-refractivity contribution in [1.82, 2.24) is 9.80 Å². The molecule has 0 saturated carbocycles. The number of benzene rings is 1. The van der Waals surface area contributed by atoms with Crippen LogP contribution in [0.2, 0.25) is 0 Å². The predicted octanol–water partition coefficient (Wildman–Crippen LogP) is 1.78. The number of carbonyl (C=O) groups is 2. The number of hydrogen-bond acceptors (Lipinski definition) is 3. The number of rotatable bonds is 4. The van der Waals surface area contributed by atoms with Gasteiger partial charge in [-0.25, -0.2) is 0 Å². The number of nitrogens with zero attached hydrogens (tertiary/aromatic N) is 2. The highest BCUT2D eigenvalue weighted by Crippen LogP contribution is 2.24. The maximum atomic E-state index is 12.6. The highest BCUT2D eigenvalue weighted by Gasteiger charge is 2.33. The highest BCUT2D eigenvalue weighted by molar-refractivity contribution is 5.92. The van der Waals surface area contributed by atoms with Crippen molar-refractivity contribution < 1.29 is 14.7 Å². The Kier molecular flexibility index (Phi) is 5.87. The molecule has 1 aromatic rings. The fraction of sp³-hybridized carbons (Fsp3) is 0.500. The lowest BCUT2D eigenvalue weighted by atomic mass is 9.95. The molecule has 1 unspecified atom stereocenters. The molecule has 3 rings (SSSR count). The third-order valence-corrected chi connectivity index (χ3v) is 5.23. The van der Waals surface area contributed by atoms with E-state index in [0.717, 1.165) is 31.4 Å². The van der Waals surface area contributed by atoms with Crippen molar-refractivity contribution >= 4 is 17.9 Å². The number of likely N-dealkylation sites (tertiary alicyclic amines) is 2. The summed E-state index contributed by atoms with van der Waals surface area (Å²) in [4.78, 5) is 28.6. The lowest BCUT2D eigenvalue weighted by Gasteiger charge is -2.32. The van der Waals surface area contributed by atoms with Crippen LogP contribution in [-0.2, 0) is 9.59 Å². The second-order valence-corrected chi connectivity index (χ2v) is 6.97. The van der Waals surface area contributed by atoms with E-state index in [0.29, 0.717) is 19.6 Å². The Morgan fingerprint density at radius 3 is 2.36 bits per heavy atom. The van der Waals surface area contributed by atoms with E-state index in [1.54, 1.807) is 6.08 Å². The number of aliphatic hydroxyl groups excluding tert-OH is 1. The van der Waals surface area contributed by atoms with Gasteiger partial charge in [-0.1, -0.05) is 30.3 Å². The fourth-order valence-electron chi connectivity index (χ4n) is 3.62. The van der Waals surface area contributed by atoms with Crippen LogP contribution in [0.4, 0.5) is 0 Å². The van der Waals surface area contributed by atoms with Crippen LogP contribution in [0.15, 0.2) is 36.4 Å². The smallest absolute Gasteiger partial charge is 0.246 e. The molecular weight excluding hydrogens is 316 g/mol. The third-order valence-electron chi connectivity index (χ3n) is 5.23. The summed E-state index contributed by atoms with van der Waals surface area (Å²) in [5.74, 6) is 0.451. The van der Waals surface area contributed by atoms with Gasteiger partial charge in [-0.3, -0.25) is 9.59 Å². The van der Waals surface area contributed by atoms with E-state index in [-0.39, 0.29) is 30.3 Å². The summed E-state index contributed by atoms with van der Waals surface area (Å²) in [6.07, 6.45) is 5.79. The molecule has 134 valence electrons. The van der Waals surface area contributed by atoms with Gasteiger partial charge in [-0.2, -0.15) is 0 Å². The number of carbonyl (C=O) groups excluding carboxylic acids is 2. The van der Waals surface area contributed by atoms with E-state index < -0.39 is 0 Å². The van der Waals surface area contributed by atoms with Crippen molar-refractivity contribution in [2.24, 2.45) is 11.8 Å². The molecule has 0 aromatic heterocycles. The van der Waals surface area contributed by atoms with Gasteiger partial charge in [0.15, 0.2) is 0 Å². The topological polar surface area (TPSA) is 60.9 Å². The molecule has 2 aliphatic heterocycles. The van der Waals surface area contributed by atoms with Gasteiger partial charge in [-0.05, 0) is 30.9 Å². The van der Waals surface area contributed by atoms with Crippen molar-refractivity contribution in [3.05, 3.63) is 42.0 Å². The summed E-state index contributed by atoms with van der Waals surface area (Å²) in [5, 5.41) is 9.22. The van der Waals surface area contributed by atoms with Crippen LogP contribution in [-0.4, -0.2) is 59.5 Å². The van der Waals surface area contributed by atoms with Gasteiger partial charge in [0.1, 0.15) is 0 Å². The average molecular weight is 342 g/mol. The molecule has 0 bridgehead atoms. The van der Waals surface area contributed by atoms with E-state index in [1.807, 2.05) is 46.2 Å². The van der Waals surface area contributed by atoms with E-state index in [4.69, 9.17) is 0 Å². The maximum Gasteiger partial charge on any atom is 0.246 e. The van der Waals surface area contributed by atoms with E-state index in [2.05, 4.69) is 0 Å². The summed E-state index contributed by atoms with van der Waals surface area (Å²) < 4.78 is 0. The first-order valence-corrected chi connectivity index (χ1v) is 9.09. The van der Waals surface area contributed by atoms with Gasteiger partial charge in [0.2, 0.25) is 11.8 Å². The van der Waals surface area contributed by atoms with Crippen molar-refractivity contribution in [3.63, 3.8) is 0 Å². The Bertz CT molecular complexity index is 621.